The van der Waals surface area contributed by atoms with E-state index < -0.39 is 11.6 Å². The third-order valence-corrected chi connectivity index (χ3v) is 2.14. The maximum Gasteiger partial charge on any atom is 0.149 e. The van der Waals surface area contributed by atoms with Gasteiger partial charge in [0.15, 0.2) is 0 Å². The van der Waals surface area contributed by atoms with Crippen LogP contribution >= 0.6 is 11.6 Å². The Morgan fingerprint density at radius 3 is 2.69 bits per heavy atom. The predicted molar refractivity (Wildman–Crippen MR) is 56.7 cm³/mol. The number of nitrogens with zero attached hydrogens (tertiary/aromatic N) is 2. The monoisotopic (exact) mass is 241 g/mol. The van der Waals surface area contributed by atoms with E-state index in [9.17, 15) is 8.78 Å². The first kappa shape index (κ1) is 10.8. The molecule has 1 aromatic carbocycles. The number of aromatic nitrogens is 2. The normalized spacial score (nSPS) is 10.2. The van der Waals surface area contributed by atoms with E-state index in [1.54, 1.807) is 6.07 Å². The Balaban J connectivity index is 2.32. The number of rotatable bonds is 2. The molecule has 0 amide bonds. The molecular weight excluding hydrogens is 236 g/mol. The van der Waals surface area contributed by atoms with Gasteiger partial charge in [0.25, 0.3) is 0 Å². The topological polar surface area (TPSA) is 37.8 Å². The summed E-state index contributed by atoms with van der Waals surface area (Å²) in [6.45, 7) is 0. The second-order valence-electron chi connectivity index (χ2n) is 2.97. The summed E-state index contributed by atoms with van der Waals surface area (Å²) in [5.41, 5.74) is 0.0603. The van der Waals surface area contributed by atoms with Gasteiger partial charge in [0.2, 0.25) is 0 Å². The number of halogens is 3. The molecule has 0 aliphatic heterocycles. The molecule has 0 aliphatic carbocycles. The van der Waals surface area contributed by atoms with E-state index in [-0.39, 0.29) is 10.7 Å². The van der Waals surface area contributed by atoms with Crippen molar-refractivity contribution in [3.05, 3.63) is 47.4 Å². The number of hydrogen-bond donors (Lipinski definition) is 1. The van der Waals surface area contributed by atoms with Crippen LogP contribution < -0.4 is 5.32 Å². The fourth-order valence-corrected chi connectivity index (χ4v) is 1.28. The maximum atomic E-state index is 13.3. The summed E-state index contributed by atoms with van der Waals surface area (Å²) in [5.74, 6) is -1.13. The molecule has 0 unspecified atom stereocenters. The first-order valence-electron chi connectivity index (χ1n) is 4.34. The molecule has 0 saturated heterocycles. The fourth-order valence-electron chi connectivity index (χ4n) is 1.12. The van der Waals surface area contributed by atoms with E-state index >= 15 is 0 Å². The van der Waals surface area contributed by atoms with Gasteiger partial charge in [-0.3, -0.25) is 0 Å². The summed E-state index contributed by atoms with van der Waals surface area (Å²) < 4.78 is 26.2. The van der Waals surface area contributed by atoms with Crippen molar-refractivity contribution in [3.8, 4) is 0 Å². The minimum Gasteiger partial charge on any atom is -0.338 e. The second kappa shape index (κ2) is 4.40. The van der Waals surface area contributed by atoms with E-state index in [2.05, 4.69) is 15.3 Å². The zero-order chi connectivity index (χ0) is 11.5. The molecule has 0 fully saturated rings. The molecule has 0 radical (unpaired) electrons. The van der Waals surface area contributed by atoms with Gasteiger partial charge in [-0.25, -0.2) is 18.7 Å². The number of benzene rings is 1. The summed E-state index contributed by atoms with van der Waals surface area (Å²) >= 11 is 5.54. The molecule has 16 heavy (non-hydrogen) atoms. The molecule has 3 nitrogen and oxygen atoms in total. The van der Waals surface area contributed by atoms with E-state index in [0.717, 1.165) is 6.07 Å². The van der Waals surface area contributed by atoms with Crippen molar-refractivity contribution < 1.29 is 8.78 Å². The summed E-state index contributed by atoms with van der Waals surface area (Å²) in [5, 5.41) is 2.51. The highest BCUT2D eigenvalue weighted by Crippen LogP contribution is 2.25. The number of hydrogen-bond acceptors (Lipinski definition) is 3. The highest BCUT2D eigenvalue weighted by atomic mass is 35.5. The molecule has 1 aromatic heterocycles. The van der Waals surface area contributed by atoms with Crippen LogP contribution in [-0.4, -0.2) is 9.97 Å². The Bertz CT molecular complexity index is 505. The lowest BCUT2D eigenvalue weighted by Crippen LogP contribution is -1.97. The number of anilines is 2. The van der Waals surface area contributed by atoms with Crippen molar-refractivity contribution >= 4 is 23.1 Å². The van der Waals surface area contributed by atoms with Crippen LogP contribution in [0.1, 0.15) is 0 Å². The molecule has 1 N–H and O–H groups in total. The van der Waals surface area contributed by atoms with Gasteiger partial charge in [0, 0.05) is 12.3 Å². The Morgan fingerprint density at radius 2 is 2.00 bits per heavy atom. The van der Waals surface area contributed by atoms with Crippen LogP contribution in [0.4, 0.5) is 20.3 Å². The van der Waals surface area contributed by atoms with Crippen LogP contribution in [0, 0.1) is 11.6 Å². The Morgan fingerprint density at radius 1 is 1.19 bits per heavy atom. The Hall–Kier alpha value is -1.75. The summed E-state index contributed by atoms with van der Waals surface area (Å²) in [6, 6.07) is 3.43. The van der Waals surface area contributed by atoms with Crippen molar-refractivity contribution in [2.75, 3.05) is 5.32 Å². The summed E-state index contributed by atoms with van der Waals surface area (Å²) in [4.78, 5) is 7.55. The van der Waals surface area contributed by atoms with Crippen LogP contribution in [0.3, 0.4) is 0 Å². The highest BCUT2D eigenvalue weighted by Gasteiger charge is 2.08. The average molecular weight is 242 g/mol. The van der Waals surface area contributed by atoms with Crippen LogP contribution in [0.15, 0.2) is 30.7 Å². The van der Waals surface area contributed by atoms with Crippen molar-refractivity contribution in [2.24, 2.45) is 0 Å². The molecule has 0 atom stereocenters. The van der Waals surface area contributed by atoms with Crippen LogP contribution in [0.25, 0.3) is 0 Å². The van der Waals surface area contributed by atoms with Gasteiger partial charge in [0.1, 0.15) is 23.8 Å². The zero-order valence-corrected chi connectivity index (χ0v) is 8.67. The van der Waals surface area contributed by atoms with Crippen molar-refractivity contribution in [1.82, 2.24) is 9.97 Å². The fraction of sp³-hybridized carbons (Fsp3) is 0. The van der Waals surface area contributed by atoms with Gasteiger partial charge < -0.3 is 5.32 Å². The molecule has 6 heteroatoms. The minimum absolute atomic E-state index is 0.0603. The molecular formula is C10H6ClF2N3. The number of nitrogens with one attached hydrogen (secondary N) is 1. The third-order valence-electron chi connectivity index (χ3n) is 1.85. The maximum absolute atomic E-state index is 13.3. The summed E-state index contributed by atoms with van der Waals surface area (Å²) in [6.07, 6.45) is 2.81. The Kier molecular flexibility index (Phi) is 2.96. The Labute approximate surface area is 95.1 Å². The van der Waals surface area contributed by atoms with Crippen molar-refractivity contribution in [2.45, 2.75) is 0 Å². The summed E-state index contributed by atoms with van der Waals surface area (Å²) in [7, 11) is 0. The largest absolute Gasteiger partial charge is 0.338 e. The lowest BCUT2D eigenvalue weighted by atomic mass is 10.3. The second-order valence-corrected chi connectivity index (χ2v) is 3.37. The van der Waals surface area contributed by atoms with Crippen LogP contribution in [-0.2, 0) is 0 Å². The van der Waals surface area contributed by atoms with E-state index in [1.807, 2.05) is 0 Å². The van der Waals surface area contributed by atoms with Gasteiger partial charge in [-0.2, -0.15) is 0 Å². The highest BCUT2D eigenvalue weighted by molar-refractivity contribution is 6.31. The molecule has 0 saturated carbocycles. The molecule has 2 rings (SSSR count). The first-order valence-corrected chi connectivity index (χ1v) is 4.72. The van der Waals surface area contributed by atoms with Crippen LogP contribution in [0.5, 0.6) is 0 Å². The minimum atomic E-state index is -0.799. The van der Waals surface area contributed by atoms with E-state index in [4.69, 9.17) is 11.6 Å². The molecule has 0 spiro atoms. The van der Waals surface area contributed by atoms with Gasteiger partial charge in [-0.05, 0) is 12.1 Å². The quantitative estimate of drug-likeness (QED) is 0.821. The molecule has 1 heterocycles. The smallest absolute Gasteiger partial charge is 0.149 e. The van der Waals surface area contributed by atoms with Crippen molar-refractivity contribution in [1.29, 1.82) is 0 Å². The van der Waals surface area contributed by atoms with Gasteiger partial charge in [-0.1, -0.05) is 11.6 Å². The lowest BCUT2D eigenvalue weighted by Gasteiger charge is -2.06. The van der Waals surface area contributed by atoms with Crippen LogP contribution in [0.2, 0.25) is 5.02 Å². The van der Waals surface area contributed by atoms with E-state index in [0.29, 0.717) is 11.9 Å². The molecule has 2 aromatic rings. The van der Waals surface area contributed by atoms with E-state index in [1.165, 1.54) is 12.5 Å². The molecule has 82 valence electrons. The predicted octanol–water partition coefficient (Wildman–Crippen LogP) is 3.15. The average Bonchev–Trinajstić information content (AvgIpc) is 2.27. The van der Waals surface area contributed by atoms with Gasteiger partial charge in [-0.15, -0.1) is 0 Å². The van der Waals surface area contributed by atoms with Crippen molar-refractivity contribution in [3.63, 3.8) is 0 Å². The standard InChI is InChI=1S/C10H6ClF2N3/c11-6-3-9(8(13)4-7(6)12)16-10-1-2-14-5-15-10/h1-5H,(H,14,15,16). The molecule has 0 aliphatic rings. The first-order chi connectivity index (χ1) is 7.66. The lowest BCUT2D eigenvalue weighted by molar-refractivity contribution is 0.586. The third kappa shape index (κ3) is 2.25. The molecule has 0 bridgehead atoms. The zero-order valence-electron chi connectivity index (χ0n) is 7.92. The van der Waals surface area contributed by atoms with Gasteiger partial charge >= 0.3 is 0 Å². The SMILES string of the molecule is Fc1cc(F)c(Nc2ccncn2)cc1Cl. The van der Waals surface area contributed by atoms with Gasteiger partial charge in [0.05, 0.1) is 10.7 Å².